The summed E-state index contributed by atoms with van der Waals surface area (Å²) in [5.74, 6) is 0. The second kappa shape index (κ2) is 5.15. The maximum Gasteiger partial charge on any atom is 0.488 e. The molecule has 0 heterocycles. The van der Waals surface area contributed by atoms with E-state index in [0.717, 1.165) is 12.1 Å². The van der Waals surface area contributed by atoms with Crippen molar-refractivity contribution in [3.63, 3.8) is 0 Å². The molecule has 76 valence electrons. The minimum atomic E-state index is -1.37. The van der Waals surface area contributed by atoms with Gasteiger partial charge in [-0.15, -0.1) is 0 Å². The van der Waals surface area contributed by atoms with Gasteiger partial charge in [-0.2, -0.15) is 0 Å². The molecule has 0 saturated heterocycles. The SMILES string of the molecule is CC(C)NCc1ccc(B(O)O)cc1. The predicted molar refractivity (Wildman–Crippen MR) is 58.2 cm³/mol. The van der Waals surface area contributed by atoms with Crippen molar-refractivity contribution >= 4 is 12.6 Å². The van der Waals surface area contributed by atoms with E-state index in [4.69, 9.17) is 10.0 Å². The average molecular weight is 193 g/mol. The molecule has 1 rings (SSSR count). The first-order valence-electron chi connectivity index (χ1n) is 4.78. The van der Waals surface area contributed by atoms with Crippen molar-refractivity contribution in [3.05, 3.63) is 29.8 Å². The van der Waals surface area contributed by atoms with Crippen molar-refractivity contribution in [1.29, 1.82) is 0 Å². The maximum absolute atomic E-state index is 8.87. The van der Waals surface area contributed by atoms with Crippen molar-refractivity contribution in [3.8, 4) is 0 Å². The summed E-state index contributed by atoms with van der Waals surface area (Å²) in [5.41, 5.74) is 1.67. The van der Waals surface area contributed by atoms with E-state index in [1.165, 1.54) is 0 Å². The molecule has 0 unspecified atom stereocenters. The Morgan fingerprint density at radius 3 is 2.21 bits per heavy atom. The maximum atomic E-state index is 8.87. The van der Waals surface area contributed by atoms with E-state index in [1.807, 2.05) is 12.1 Å². The number of nitrogens with one attached hydrogen (secondary N) is 1. The number of benzene rings is 1. The van der Waals surface area contributed by atoms with Crippen LogP contribution in [-0.4, -0.2) is 23.2 Å². The van der Waals surface area contributed by atoms with Crippen LogP contribution in [0.5, 0.6) is 0 Å². The van der Waals surface area contributed by atoms with Gasteiger partial charge in [-0.1, -0.05) is 38.1 Å². The van der Waals surface area contributed by atoms with Crippen molar-refractivity contribution < 1.29 is 10.0 Å². The molecule has 4 heteroatoms. The molecule has 0 fully saturated rings. The molecule has 0 aliphatic carbocycles. The average Bonchev–Trinajstić information content (AvgIpc) is 2.15. The van der Waals surface area contributed by atoms with Gasteiger partial charge in [0.15, 0.2) is 0 Å². The lowest BCUT2D eigenvalue weighted by atomic mass is 9.80. The minimum Gasteiger partial charge on any atom is -0.423 e. The van der Waals surface area contributed by atoms with Crippen molar-refractivity contribution in [2.45, 2.75) is 26.4 Å². The lowest BCUT2D eigenvalue weighted by Crippen LogP contribution is -2.29. The molecular weight excluding hydrogens is 177 g/mol. The van der Waals surface area contributed by atoms with Gasteiger partial charge in [0, 0.05) is 12.6 Å². The zero-order chi connectivity index (χ0) is 10.6. The van der Waals surface area contributed by atoms with E-state index in [9.17, 15) is 0 Å². The molecule has 1 aromatic rings. The quantitative estimate of drug-likeness (QED) is 0.583. The molecule has 0 aromatic heterocycles. The van der Waals surface area contributed by atoms with Crippen LogP contribution in [-0.2, 0) is 6.54 Å². The summed E-state index contributed by atoms with van der Waals surface area (Å²) in [5, 5.41) is 21.0. The standard InChI is InChI=1S/C10H16BNO2/c1-8(2)12-7-9-3-5-10(6-4-9)11(13)14/h3-6,8,12-14H,7H2,1-2H3. The summed E-state index contributed by atoms with van der Waals surface area (Å²) in [6.45, 7) is 4.98. The summed E-state index contributed by atoms with van der Waals surface area (Å²) in [7, 11) is -1.37. The summed E-state index contributed by atoms with van der Waals surface area (Å²) >= 11 is 0. The topological polar surface area (TPSA) is 52.5 Å². The van der Waals surface area contributed by atoms with Gasteiger partial charge in [-0.25, -0.2) is 0 Å². The largest absolute Gasteiger partial charge is 0.488 e. The summed E-state index contributed by atoms with van der Waals surface area (Å²) in [4.78, 5) is 0. The fourth-order valence-corrected chi connectivity index (χ4v) is 1.13. The van der Waals surface area contributed by atoms with Gasteiger partial charge >= 0.3 is 7.12 Å². The van der Waals surface area contributed by atoms with Crippen LogP contribution >= 0.6 is 0 Å². The van der Waals surface area contributed by atoms with Gasteiger partial charge in [-0.05, 0) is 11.0 Å². The fourth-order valence-electron chi connectivity index (χ4n) is 1.13. The lowest BCUT2D eigenvalue weighted by Gasteiger charge is -2.08. The van der Waals surface area contributed by atoms with Gasteiger partial charge < -0.3 is 15.4 Å². The second-order valence-electron chi connectivity index (χ2n) is 3.65. The normalized spacial score (nSPS) is 10.6. The van der Waals surface area contributed by atoms with E-state index < -0.39 is 7.12 Å². The first-order chi connectivity index (χ1) is 6.59. The van der Waals surface area contributed by atoms with Crippen molar-refractivity contribution in [1.82, 2.24) is 5.32 Å². The van der Waals surface area contributed by atoms with Crippen molar-refractivity contribution in [2.24, 2.45) is 0 Å². The smallest absolute Gasteiger partial charge is 0.423 e. The third-order valence-corrected chi connectivity index (χ3v) is 1.99. The van der Waals surface area contributed by atoms with E-state index in [2.05, 4.69) is 19.2 Å². The van der Waals surface area contributed by atoms with Crippen LogP contribution in [0, 0.1) is 0 Å². The van der Waals surface area contributed by atoms with Crippen LogP contribution in [0.2, 0.25) is 0 Å². The Kier molecular flexibility index (Phi) is 4.13. The van der Waals surface area contributed by atoms with Crippen LogP contribution in [0.3, 0.4) is 0 Å². The zero-order valence-corrected chi connectivity index (χ0v) is 8.57. The first-order valence-corrected chi connectivity index (χ1v) is 4.78. The monoisotopic (exact) mass is 193 g/mol. The molecule has 0 saturated carbocycles. The Hall–Kier alpha value is -0.835. The predicted octanol–water partition coefficient (Wildman–Crippen LogP) is -0.136. The molecule has 0 spiro atoms. The molecule has 0 aliphatic heterocycles. The molecule has 3 nitrogen and oxygen atoms in total. The Labute approximate surface area is 84.9 Å². The molecule has 0 atom stereocenters. The lowest BCUT2D eigenvalue weighted by molar-refractivity contribution is 0.426. The Balaban J connectivity index is 2.55. The summed E-state index contributed by atoms with van der Waals surface area (Å²) in [6, 6.07) is 7.69. The van der Waals surface area contributed by atoms with E-state index in [-0.39, 0.29) is 0 Å². The molecule has 1 aromatic carbocycles. The van der Waals surface area contributed by atoms with E-state index in [0.29, 0.717) is 11.5 Å². The van der Waals surface area contributed by atoms with Crippen LogP contribution in [0.1, 0.15) is 19.4 Å². The van der Waals surface area contributed by atoms with Crippen molar-refractivity contribution in [2.75, 3.05) is 0 Å². The number of hydrogen-bond acceptors (Lipinski definition) is 3. The zero-order valence-electron chi connectivity index (χ0n) is 8.57. The molecule has 0 amide bonds. The van der Waals surface area contributed by atoms with Crippen LogP contribution < -0.4 is 10.8 Å². The highest BCUT2D eigenvalue weighted by molar-refractivity contribution is 6.58. The second-order valence-corrected chi connectivity index (χ2v) is 3.65. The van der Waals surface area contributed by atoms with Crippen LogP contribution in [0.15, 0.2) is 24.3 Å². The molecule has 0 bridgehead atoms. The Morgan fingerprint density at radius 1 is 1.21 bits per heavy atom. The molecular formula is C10H16BNO2. The van der Waals surface area contributed by atoms with Gasteiger partial charge in [0.1, 0.15) is 0 Å². The van der Waals surface area contributed by atoms with Gasteiger partial charge in [0.2, 0.25) is 0 Å². The summed E-state index contributed by atoms with van der Waals surface area (Å²) < 4.78 is 0. The molecule has 3 N–H and O–H groups in total. The van der Waals surface area contributed by atoms with Gasteiger partial charge in [0.25, 0.3) is 0 Å². The minimum absolute atomic E-state index is 0.457. The van der Waals surface area contributed by atoms with Gasteiger partial charge in [0.05, 0.1) is 0 Å². The van der Waals surface area contributed by atoms with Gasteiger partial charge in [-0.3, -0.25) is 0 Å². The number of rotatable bonds is 4. The van der Waals surface area contributed by atoms with E-state index >= 15 is 0 Å². The fraction of sp³-hybridized carbons (Fsp3) is 0.400. The first kappa shape index (κ1) is 11.2. The third-order valence-electron chi connectivity index (χ3n) is 1.99. The highest BCUT2D eigenvalue weighted by atomic mass is 16.4. The highest BCUT2D eigenvalue weighted by Crippen LogP contribution is 1.97. The van der Waals surface area contributed by atoms with Crippen LogP contribution in [0.25, 0.3) is 0 Å². The highest BCUT2D eigenvalue weighted by Gasteiger charge is 2.09. The van der Waals surface area contributed by atoms with Crippen LogP contribution in [0.4, 0.5) is 0 Å². The molecule has 0 aliphatic rings. The Bertz CT molecular complexity index is 272. The third kappa shape index (κ3) is 3.50. The van der Waals surface area contributed by atoms with E-state index in [1.54, 1.807) is 12.1 Å². The number of hydrogen-bond donors (Lipinski definition) is 3. The molecule has 0 radical (unpaired) electrons. The summed E-state index contributed by atoms with van der Waals surface area (Å²) in [6.07, 6.45) is 0. The Morgan fingerprint density at radius 2 is 1.79 bits per heavy atom. The molecule has 14 heavy (non-hydrogen) atoms.